The van der Waals surface area contributed by atoms with Crippen LogP contribution < -0.4 is 20.5 Å². The number of nitrogens with two attached hydrogens (primary N) is 1. The van der Waals surface area contributed by atoms with Crippen molar-refractivity contribution in [2.75, 3.05) is 13.7 Å². The van der Waals surface area contributed by atoms with E-state index in [0.29, 0.717) is 18.6 Å². The molecular formula is C17H28IN3O2. The molecule has 0 aromatic heterocycles. The minimum absolute atomic E-state index is 0. The van der Waals surface area contributed by atoms with E-state index in [2.05, 4.69) is 17.2 Å². The van der Waals surface area contributed by atoms with Gasteiger partial charge in [0.25, 0.3) is 0 Å². The molecule has 3 N–H and O–H groups in total. The zero-order chi connectivity index (χ0) is 15.8. The van der Waals surface area contributed by atoms with E-state index in [1.54, 1.807) is 7.11 Å². The van der Waals surface area contributed by atoms with Gasteiger partial charge in [0.15, 0.2) is 17.5 Å². The van der Waals surface area contributed by atoms with Crippen LogP contribution >= 0.6 is 24.0 Å². The van der Waals surface area contributed by atoms with Crippen LogP contribution in [0.15, 0.2) is 23.2 Å². The van der Waals surface area contributed by atoms with Crippen LogP contribution in [0.3, 0.4) is 0 Å². The summed E-state index contributed by atoms with van der Waals surface area (Å²) >= 11 is 0. The Kier molecular flexibility index (Phi) is 9.13. The second-order valence-corrected chi connectivity index (χ2v) is 5.64. The van der Waals surface area contributed by atoms with Gasteiger partial charge in [0.2, 0.25) is 0 Å². The molecule has 1 aliphatic carbocycles. The summed E-state index contributed by atoms with van der Waals surface area (Å²) in [6, 6.07) is 5.96. The summed E-state index contributed by atoms with van der Waals surface area (Å²) in [5.41, 5.74) is 6.85. The lowest BCUT2D eigenvalue weighted by atomic mass is 10.2. The van der Waals surface area contributed by atoms with Crippen molar-refractivity contribution in [3.05, 3.63) is 23.8 Å². The van der Waals surface area contributed by atoms with Gasteiger partial charge in [-0.05, 0) is 49.8 Å². The standard InChI is InChI=1S/C17H27N3O2.HI/c1-3-10-19-17(18)20-12-13-8-9-15(16(11-13)21-2)22-14-6-4-5-7-14;/h8-9,11,14H,3-7,10,12H2,1-2H3,(H3,18,19,20);1H. The maximum atomic E-state index is 6.03. The van der Waals surface area contributed by atoms with Gasteiger partial charge in [-0.1, -0.05) is 13.0 Å². The highest BCUT2D eigenvalue weighted by Gasteiger charge is 2.18. The van der Waals surface area contributed by atoms with Gasteiger partial charge in [-0.2, -0.15) is 0 Å². The first-order valence-corrected chi connectivity index (χ1v) is 8.10. The van der Waals surface area contributed by atoms with E-state index >= 15 is 0 Å². The topological polar surface area (TPSA) is 68.9 Å². The van der Waals surface area contributed by atoms with E-state index in [0.717, 1.165) is 42.9 Å². The lowest BCUT2D eigenvalue weighted by Crippen LogP contribution is -2.32. The Morgan fingerprint density at radius 2 is 2.04 bits per heavy atom. The van der Waals surface area contributed by atoms with Crippen LogP contribution in [0.1, 0.15) is 44.6 Å². The molecule has 5 nitrogen and oxygen atoms in total. The molecule has 23 heavy (non-hydrogen) atoms. The Balaban J connectivity index is 0.00000264. The van der Waals surface area contributed by atoms with Crippen molar-refractivity contribution in [3.63, 3.8) is 0 Å². The monoisotopic (exact) mass is 433 g/mol. The van der Waals surface area contributed by atoms with Gasteiger partial charge >= 0.3 is 0 Å². The fourth-order valence-electron chi connectivity index (χ4n) is 2.58. The van der Waals surface area contributed by atoms with E-state index in [9.17, 15) is 0 Å². The Morgan fingerprint density at radius 1 is 1.30 bits per heavy atom. The Labute approximate surface area is 156 Å². The SMILES string of the molecule is CCCNC(N)=NCc1ccc(OC2CCCC2)c(OC)c1.I. The van der Waals surface area contributed by atoms with Crippen LogP contribution in [0.5, 0.6) is 11.5 Å². The molecule has 1 saturated carbocycles. The average molecular weight is 433 g/mol. The molecule has 0 saturated heterocycles. The van der Waals surface area contributed by atoms with Gasteiger partial charge in [-0.25, -0.2) is 4.99 Å². The van der Waals surface area contributed by atoms with E-state index in [1.165, 1.54) is 12.8 Å². The number of nitrogens with one attached hydrogen (secondary N) is 1. The number of rotatable bonds is 7. The number of hydrogen-bond donors (Lipinski definition) is 2. The molecular weight excluding hydrogens is 405 g/mol. The van der Waals surface area contributed by atoms with Gasteiger partial charge in [0.05, 0.1) is 19.8 Å². The summed E-state index contributed by atoms with van der Waals surface area (Å²) in [4.78, 5) is 4.33. The van der Waals surface area contributed by atoms with Crippen molar-refractivity contribution in [2.45, 2.75) is 51.7 Å². The van der Waals surface area contributed by atoms with Crippen molar-refractivity contribution in [1.82, 2.24) is 5.32 Å². The van der Waals surface area contributed by atoms with Gasteiger partial charge in [0.1, 0.15) is 0 Å². The number of guanidine groups is 1. The summed E-state index contributed by atoms with van der Waals surface area (Å²) in [5, 5.41) is 3.06. The maximum absolute atomic E-state index is 6.03. The molecule has 1 aliphatic rings. The fourth-order valence-corrected chi connectivity index (χ4v) is 2.58. The van der Waals surface area contributed by atoms with E-state index < -0.39 is 0 Å². The minimum Gasteiger partial charge on any atom is -0.493 e. The smallest absolute Gasteiger partial charge is 0.188 e. The van der Waals surface area contributed by atoms with E-state index in [-0.39, 0.29) is 24.0 Å². The Hall–Kier alpha value is -1.18. The van der Waals surface area contributed by atoms with Gasteiger partial charge in [-0.15, -0.1) is 24.0 Å². The van der Waals surface area contributed by atoms with Crippen LogP contribution in [-0.2, 0) is 6.54 Å². The summed E-state index contributed by atoms with van der Waals surface area (Å²) in [7, 11) is 1.67. The first-order valence-electron chi connectivity index (χ1n) is 8.10. The minimum atomic E-state index is 0. The predicted octanol–water partition coefficient (Wildman–Crippen LogP) is 3.45. The largest absolute Gasteiger partial charge is 0.493 e. The van der Waals surface area contributed by atoms with Crippen molar-refractivity contribution in [3.8, 4) is 11.5 Å². The number of benzene rings is 1. The van der Waals surface area contributed by atoms with Gasteiger partial charge in [0, 0.05) is 6.54 Å². The highest BCUT2D eigenvalue weighted by molar-refractivity contribution is 14.0. The summed E-state index contributed by atoms with van der Waals surface area (Å²) in [5.74, 6) is 2.06. The maximum Gasteiger partial charge on any atom is 0.188 e. The van der Waals surface area contributed by atoms with Gasteiger partial charge < -0.3 is 20.5 Å². The fraction of sp³-hybridized carbons (Fsp3) is 0.588. The number of methoxy groups -OCH3 is 1. The lowest BCUT2D eigenvalue weighted by Gasteiger charge is -2.16. The molecule has 2 rings (SSSR count). The quantitative estimate of drug-likeness (QED) is 0.393. The molecule has 0 unspecified atom stereocenters. The first-order chi connectivity index (χ1) is 10.7. The average Bonchev–Trinajstić information content (AvgIpc) is 3.04. The van der Waals surface area contributed by atoms with Crippen molar-refractivity contribution in [1.29, 1.82) is 0 Å². The number of hydrogen-bond acceptors (Lipinski definition) is 3. The third-order valence-corrected chi connectivity index (χ3v) is 3.81. The van der Waals surface area contributed by atoms with Crippen LogP contribution in [0.4, 0.5) is 0 Å². The number of nitrogens with zero attached hydrogens (tertiary/aromatic N) is 1. The van der Waals surface area contributed by atoms with Crippen LogP contribution in [0.2, 0.25) is 0 Å². The number of aliphatic imine (C=N–C) groups is 1. The van der Waals surface area contributed by atoms with Crippen molar-refractivity contribution >= 4 is 29.9 Å². The Morgan fingerprint density at radius 3 is 2.70 bits per heavy atom. The van der Waals surface area contributed by atoms with Crippen molar-refractivity contribution in [2.24, 2.45) is 10.7 Å². The molecule has 0 radical (unpaired) electrons. The number of halogens is 1. The Bertz CT molecular complexity index is 503. The molecule has 0 bridgehead atoms. The third kappa shape index (κ3) is 6.45. The molecule has 1 fully saturated rings. The molecule has 0 amide bonds. The highest BCUT2D eigenvalue weighted by atomic mass is 127. The molecule has 1 aromatic carbocycles. The lowest BCUT2D eigenvalue weighted by molar-refractivity contribution is 0.200. The van der Waals surface area contributed by atoms with Gasteiger partial charge in [-0.3, -0.25) is 0 Å². The molecule has 0 heterocycles. The second-order valence-electron chi connectivity index (χ2n) is 5.64. The van der Waals surface area contributed by atoms with Crippen LogP contribution in [0, 0.1) is 0 Å². The zero-order valence-corrected chi connectivity index (χ0v) is 16.3. The van der Waals surface area contributed by atoms with Crippen LogP contribution in [0.25, 0.3) is 0 Å². The molecule has 0 atom stereocenters. The third-order valence-electron chi connectivity index (χ3n) is 3.81. The molecule has 1 aromatic rings. The molecule has 6 heteroatoms. The van der Waals surface area contributed by atoms with Crippen LogP contribution in [-0.4, -0.2) is 25.7 Å². The summed E-state index contributed by atoms with van der Waals surface area (Å²) < 4.78 is 11.5. The zero-order valence-electron chi connectivity index (χ0n) is 14.0. The predicted molar refractivity (Wildman–Crippen MR) is 105 cm³/mol. The van der Waals surface area contributed by atoms with E-state index in [4.69, 9.17) is 15.2 Å². The number of ether oxygens (including phenoxy) is 2. The summed E-state index contributed by atoms with van der Waals surface area (Å²) in [6.07, 6.45) is 6.13. The summed E-state index contributed by atoms with van der Waals surface area (Å²) in [6.45, 7) is 3.46. The first kappa shape index (κ1) is 19.9. The molecule has 0 spiro atoms. The van der Waals surface area contributed by atoms with E-state index in [1.807, 2.05) is 18.2 Å². The highest BCUT2D eigenvalue weighted by Crippen LogP contribution is 2.32. The molecule has 130 valence electrons. The second kappa shape index (κ2) is 10.6. The molecule has 0 aliphatic heterocycles. The normalized spacial score (nSPS) is 15.1. The van der Waals surface area contributed by atoms with Crippen molar-refractivity contribution < 1.29 is 9.47 Å².